The molecule has 166 valence electrons. The van der Waals surface area contributed by atoms with Gasteiger partial charge in [-0.3, -0.25) is 0 Å². The van der Waals surface area contributed by atoms with Crippen molar-refractivity contribution in [3.63, 3.8) is 0 Å². The number of aryl methyl sites for hydroxylation is 2. The Morgan fingerprint density at radius 2 is 1.25 bits per heavy atom. The van der Waals surface area contributed by atoms with E-state index in [1.54, 1.807) is 24.3 Å². The standard InChI is InChI=1S/C28H30O4/c1-4-7-12-19-17-18(5-2)25(21-13-8-10-15-23(21)27(29)30)26(20(19)6-3)22-14-9-11-16-24(22)28(31)32/h8-11,13-17H,4-7,12H2,1-3H3,(H,29,30)(H,31,32). The van der Waals surface area contributed by atoms with Crippen LogP contribution in [-0.2, 0) is 19.3 Å². The largest absolute Gasteiger partial charge is 0.478 e. The van der Waals surface area contributed by atoms with Crippen LogP contribution < -0.4 is 0 Å². The van der Waals surface area contributed by atoms with Crippen molar-refractivity contribution in [2.75, 3.05) is 0 Å². The van der Waals surface area contributed by atoms with Gasteiger partial charge in [0.2, 0.25) is 0 Å². The van der Waals surface area contributed by atoms with Crippen molar-refractivity contribution in [1.82, 2.24) is 0 Å². The van der Waals surface area contributed by atoms with Gasteiger partial charge in [0.25, 0.3) is 0 Å². The van der Waals surface area contributed by atoms with Gasteiger partial charge in [0, 0.05) is 0 Å². The van der Waals surface area contributed by atoms with Gasteiger partial charge in [-0.2, -0.15) is 0 Å². The summed E-state index contributed by atoms with van der Waals surface area (Å²) in [6.07, 6.45) is 4.47. The summed E-state index contributed by atoms with van der Waals surface area (Å²) in [5, 5.41) is 19.8. The molecule has 3 aromatic carbocycles. The molecule has 0 heterocycles. The number of aromatic carboxylic acids is 2. The lowest BCUT2D eigenvalue weighted by Gasteiger charge is -2.24. The van der Waals surface area contributed by atoms with Gasteiger partial charge in [0.15, 0.2) is 0 Å². The Balaban J connectivity index is 2.52. The van der Waals surface area contributed by atoms with Crippen LogP contribution in [0.1, 0.15) is 71.0 Å². The third kappa shape index (κ3) is 4.45. The van der Waals surface area contributed by atoms with Crippen molar-refractivity contribution in [2.45, 2.75) is 52.9 Å². The van der Waals surface area contributed by atoms with Crippen molar-refractivity contribution < 1.29 is 19.8 Å². The van der Waals surface area contributed by atoms with E-state index in [0.29, 0.717) is 17.5 Å². The van der Waals surface area contributed by atoms with Gasteiger partial charge >= 0.3 is 11.9 Å². The Labute approximate surface area is 189 Å². The first kappa shape index (κ1) is 23.3. The first-order valence-corrected chi connectivity index (χ1v) is 11.3. The van der Waals surface area contributed by atoms with Crippen LogP contribution >= 0.6 is 0 Å². The smallest absolute Gasteiger partial charge is 0.336 e. The molecule has 32 heavy (non-hydrogen) atoms. The average molecular weight is 431 g/mol. The summed E-state index contributed by atoms with van der Waals surface area (Å²) in [5.41, 5.74) is 6.75. The van der Waals surface area contributed by atoms with E-state index >= 15 is 0 Å². The second-order valence-electron chi connectivity index (χ2n) is 7.94. The van der Waals surface area contributed by atoms with Crippen molar-refractivity contribution >= 4 is 11.9 Å². The minimum absolute atomic E-state index is 0.222. The molecular weight excluding hydrogens is 400 g/mol. The number of rotatable bonds is 9. The third-order valence-corrected chi connectivity index (χ3v) is 6.00. The average Bonchev–Trinajstić information content (AvgIpc) is 2.81. The number of unbranched alkanes of at least 4 members (excludes halogenated alkanes) is 1. The van der Waals surface area contributed by atoms with E-state index in [1.807, 2.05) is 24.3 Å². The van der Waals surface area contributed by atoms with E-state index in [4.69, 9.17) is 0 Å². The number of carboxylic acids is 2. The summed E-state index contributed by atoms with van der Waals surface area (Å²) in [5.74, 6) is -1.98. The van der Waals surface area contributed by atoms with Crippen molar-refractivity contribution in [2.24, 2.45) is 0 Å². The van der Waals surface area contributed by atoms with Gasteiger partial charge in [0.05, 0.1) is 11.1 Å². The molecule has 3 aromatic rings. The number of hydrogen-bond donors (Lipinski definition) is 2. The van der Waals surface area contributed by atoms with Gasteiger partial charge in [-0.25, -0.2) is 9.59 Å². The van der Waals surface area contributed by atoms with Gasteiger partial charge in [0.1, 0.15) is 0 Å². The molecule has 4 heteroatoms. The van der Waals surface area contributed by atoms with E-state index in [1.165, 1.54) is 5.56 Å². The zero-order valence-electron chi connectivity index (χ0n) is 18.9. The van der Waals surface area contributed by atoms with Gasteiger partial charge in [-0.05, 0) is 76.8 Å². The molecule has 0 fully saturated rings. The maximum Gasteiger partial charge on any atom is 0.336 e. The lowest BCUT2D eigenvalue weighted by molar-refractivity contribution is 0.0686. The van der Waals surface area contributed by atoms with Gasteiger partial charge in [-0.1, -0.05) is 69.7 Å². The third-order valence-electron chi connectivity index (χ3n) is 6.00. The summed E-state index contributed by atoms with van der Waals surface area (Å²) in [7, 11) is 0. The molecule has 0 aliphatic rings. The Bertz CT molecular complexity index is 1140. The molecule has 0 aromatic heterocycles. The normalized spacial score (nSPS) is 10.8. The molecule has 0 amide bonds. The molecule has 0 radical (unpaired) electrons. The first-order valence-electron chi connectivity index (χ1n) is 11.3. The van der Waals surface area contributed by atoms with Crippen LogP contribution in [0.3, 0.4) is 0 Å². The molecule has 2 N–H and O–H groups in total. The first-order chi connectivity index (χ1) is 15.4. The number of carbonyl (C=O) groups is 2. The second kappa shape index (κ2) is 10.3. The minimum atomic E-state index is -0.992. The fourth-order valence-corrected chi connectivity index (χ4v) is 4.49. The van der Waals surface area contributed by atoms with Gasteiger partial charge in [-0.15, -0.1) is 0 Å². The number of benzene rings is 3. The fourth-order valence-electron chi connectivity index (χ4n) is 4.49. The van der Waals surface area contributed by atoms with Crippen LogP contribution in [0.4, 0.5) is 0 Å². The monoisotopic (exact) mass is 430 g/mol. The Kier molecular flexibility index (Phi) is 7.47. The van der Waals surface area contributed by atoms with E-state index in [9.17, 15) is 19.8 Å². The van der Waals surface area contributed by atoms with Crippen LogP contribution in [0, 0.1) is 0 Å². The van der Waals surface area contributed by atoms with Gasteiger partial charge < -0.3 is 10.2 Å². The maximum absolute atomic E-state index is 12.1. The Morgan fingerprint density at radius 1 is 0.719 bits per heavy atom. The van der Waals surface area contributed by atoms with E-state index in [2.05, 4.69) is 26.8 Å². The van der Waals surface area contributed by atoms with Crippen molar-refractivity contribution in [3.8, 4) is 22.3 Å². The highest BCUT2D eigenvalue weighted by Crippen LogP contribution is 2.43. The lowest BCUT2D eigenvalue weighted by Crippen LogP contribution is -2.08. The fraction of sp³-hybridized carbons (Fsp3) is 0.286. The number of carboxylic acid groups (broad SMARTS) is 2. The van der Waals surface area contributed by atoms with Crippen molar-refractivity contribution in [1.29, 1.82) is 0 Å². The highest BCUT2D eigenvalue weighted by Gasteiger charge is 2.25. The van der Waals surface area contributed by atoms with Crippen LogP contribution in [0.25, 0.3) is 22.3 Å². The summed E-state index contributed by atoms with van der Waals surface area (Å²) in [6.45, 7) is 6.30. The predicted octanol–water partition coefficient (Wildman–Crippen LogP) is 6.88. The quantitative estimate of drug-likeness (QED) is 0.388. The molecule has 0 aliphatic heterocycles. The molecule has 4 nitrogen and oxygen atoms in total. The van der Waals surface area contributed by atoms with Crippen LogP contribution in [0.2, 0.25) is 0 Å². The van der Waals surface area contributed by atoms with E-state index in [0.717, 1.165) is 47.9 Å². The van der Waals surface area contributed by atoms with Crippen molar-refractivity contribution in [3.05, 3.63) is 82.4 Å². The lowest BCUT2D eigenvalue weighted by atomic mass is 9.79. The van der Waals surface area contributed by atoms with Crippen LogP contribution in [0.15, 0.2) is 54.6 Å². The second-order valence-corrected chi connectivity index (χ2v) is 7.94. The van der Waals surface area contributed by atoms with Crippen LogP contribution in [-0.4, -0.2) is 22.2 Å². The summed E-state index contributed by atoms with van der Waals surface area (Å²) in [4.78, 5) is 24.2. The molecule has 0 aliphatic carbocycles. The molecule has 0 unspecified atom stereocenters. The molecule has 0 saturated carbocycles. The Morgan fingerprint density at radius 3 is 1.72 bits per heavy atom. The minimum Gasteiger partial charge on any atom is -0.478 e. The highest BCUT2D eigenvalue weighted by atomic mass is 16.4. The van der Waals surface area contributed by atoms with E-state index < -0.39 is 11.9 Å². The van der Waals surface area contributed by atoms with Crippen LogP contribution in [0.5, 0.6) is 0 Å². The summed E-state index contributed by atoms with van der Waals surface area (Å²) < 4.78 is 0. The highest BCUT2D eigenvalue weighted by molar-refractivity contribution is 6.04. The molecule has 3 rings (SSSR count). The summed E-state index contributed by atoms with van der Waals surface area (Å²) >= 11 is 0. The number of hydrogen-bond acceptors (Lipinski definition) is 2. The molecule has 0 atom stereocenters. The Hall–Kier alpha value is -3.40. The van der Waals surface area contributed by atoms with E-state index in [-0.39, 0.29) is 11.1 Å². The molecule has 0 saturated heterocycles. The molecule has 0 spiro atoms. The SMILES string of the molecule is CCCCc1cc(CC)c(-c2ccccc2C(=O)O)c(-c2ccccc2C(=O)O)c1CC. The zero-order chi connectivity index (χ0) is 23.3. The molecule has 0 bridgehead atoms. The predicted molar refractivity (Wildman–Crippen MR) is 129 cm³/mol. The zero-order valence-corrected chi connectivity index (χ0v) is 18.9. The molecular formula is C28H30O4. The maximum atomic E-state index is 12.1. The topological polar surface area (TPSA) is 74.6 Å². The summed E-state index contributed by atoms with van der Waals surface area (Å²) in [6, 6.07) is 16.2.